The summed E-state index contributed by atoms with van der Waals surface area (Å²) in [7, 11) is 0. The van der Waals surface area contributed by atoms with E-state index in [0.29, 0.717) is 12.0 Å². The van der Waals surface area contributed by atoms with E-state index in [0.717, 1.165) is 12.1 Å². The highest BCUT2D eigenvalue weighted by Crippen LogP contribution is 2.28. The van der Waals surface area contributed by atoms with Crippen LogP contribution in [0.5, 0.6) is 0 Å². The van der Waals surface area contributed by atoms with Crippen LogP contribution < -0.4 is 11.1 Å². The summed E-state index contributed by atoms with van der Waals surface area (Å²) < 4.78 is 36.9. The van der Waals surface area contributed by atoms with Gasteiger partial charge in [0.25, 0.3) is 0 Å². The van der Waals surface area contributed by atoms with Crippen LogP contribution in [-0.2, 0) is 17.5 Å². The van der Waals surface area contributed by atoms with E-state index < -0.39 is 17.8 Å². The van der Waals surface area contributed by atoms with Gasteiger partial charge in [0.1, 0.15) is 0 Å². The van der Waals surface area contributed by atoms with Crippen molar-refractivity contribution < 1.29 is 18.0 Å². The number of amides is 1. The van der Waals surface area contributed by atoms with E-state index in [4.69, 9.17) is 5.73 Å². The van der Waals surface area contributed by atoms with Crippen LogP contribution in [0.25, 0.3) is 0 Å². The van der Waals surface area contributed by atoms with Crippen molar-refractivity contribution in [3.63, 3.8) is 0 Å². The van der Waals surface area contributed by atoms with Crippen molar-refractivity contribution in [2.24, 2.45) is 5.73 Å². The number of nitrogens with two attached hydrogens (primary N) is 1. The molecule has 0 saturated heterocycles. The number of benzene rings is 1. The molecule has 0 saturated carbocycles. The highest BCUT2D eigenvalue weighted by Gasteiger charge is 2.29. The number of carbonyl (C=O) groups excluding carboxylic acids is 1. The molecule has 1 atom stereocenters. The van der Waals surface area contributed by atoms with Crippen molar-refractivity contribution in [1.82, 2.24) is 5.32 Å². The Balaban J connectivity index is 0.00000324. The number of alkyl halides is 3. The molecular formula is C12H16ClF3N2O. The van der Waals surface area contributed by atoms with Crippen molar-refractivity contribution in [3.8, 4) is 0 Å². The Labute approximate surface area is 115 Å². The lowest BCUT2D eigenvalue weighted by atomic mass is 10.1. The fraction of sp³-hybridized carbons (Fsp3) is 0.417. The maximum Gasteiger partial charge on any atom is 0.416 e. The molecule has 0 aliphatic carbocycles. The lowest BCUT2D eigenvalue weighted by Crippen LogP contribution is -2.39. The summed E-state index contributed by atoms with van der Waals surface area (Å²) in [6, 6.07) is 4.06. The molecule has 19 heavy (non-hydrogen) atoms. The quantitative estimate of drug-likeness (QED) is 0.897. The fourth-order valence-electron chi connectivity index (χ4n) is 1.32. The smallest absolute Gasteiger partial charge is 0.351 e. The average molecular weight is 297 g/mol. The monoisotopic (exact) mass is 296 g/mol. The van der Waals surface area contributed by atoms with E-state index in [1.165, 1.54) is 12.1 Å². The average Bonchev–Trinajstić information content (AvgIpc) is 2.34. The van der Waals surface area contributed by atoms with Gasteiger partial charge in [-0.15, -0.1) is 12.4 Å². The van der Waals surface area contributed by atoms with Crippen LogP contribution in [0.3, 0.4) is 0 Å². The number of hydrogen-bond donors (Lipinski definition) is 2. The van der Waals surface area contributed by atoms with Gasteiger partial charge in [0.05, 0.1) is 11.6 Å². The minimum atomic E-state index is -4.34. The molecule has 0 aromatic heterocycles. The normalized spacial score (nSPS) is 12.5. The number of hydrogen-bond acceptors (Lipinski definition) is 2. The molecule has 1 aromatic rings. The molecule has 1 amide bonds. The first kappa shape index (κ1) is 17.7. The molecule has 108 valence electrons. The lowest BCUT2D eigenvalue weighted by molar-refractivity contribution is -0.137. The standard InChI is InChI=1S/C12H15F3N2O.ClH/c1-2-10(16)11(18)17-7-8-3-5-9(6-4-8)12(13,14)15;/h3-6,10H,2,7,16H2,1H3,(H,17,18);1H/t10-;/m0./s1. The molecule has 7 heteroatoms. The maximum atomic E-state index is 12.3. The third kappa shape index (κ3) is 5.48. The molecule has 0 unspecified atom stereocenters. The van der Waals surface area contributed by atoms with Gasteiger partial charge in [-0.2, -0.15) is 13.2 Å². The topological polar surface area (TPSA) is 55.1 Å². The number of halogens is 4. The predicted octanol–water partition coefficient (Wildman–Crippen LogP) is 2.48. The third-order valence-electron chi connectivity index (χ3n) is 2.52. The summed E-state index contributed by atoms with van der Waals surface area (Å²) in [5, 5.41) is 2.56. The molecule has 0 radical (unpaired) electrons. The number of nitrogens with one attached hydrogen (secondary N) is 1. The Morgan fingerprint density at radius 2 is 1.84 bits per heavy atom. The molecule has 3 N–H and O–H groups in total. The SMILES string of the molecule is CC[C@H](N)C(=O)NCc1ccc(C(F)(F)F)cc1.Cl. The van der Waals surface area contributed by atoms with Gasteiger partial charge in [0.2, 0.25) is 5.91 Å². The van der Waals surface area contributed by atoms with Crippen LogP contribution in [0, 0.1) is 0 Å². The first-order chi connectivity index (χ1) is 8.34. The molecule has 0 aliphatic heterocycles. The van der Waals surface area contributed by atoms with Crippen LogP contribution in [0.4, 0.5) is 13.2 Å². The van der Waals surface area contributed by atoms with Gasteiger partial charge in [0, 0.05) is 6.54 Å². The van der Waals surface area contributed by atoms with Crippen LogP contribution >= 0.6 is 12.4 Å². The van der Waals surface area contributed by atoms with Crippen molar-refractivity contribution in [2.75, 3.05) is 0 Å². The Hall–Kier alpha value is -1.27. The first-order valence-electron chi connectivity index (χ1n) is 5.54. The molecule has 0 bridgehead atoms. The van der Waals surface area contributed by atoms with E-state index in [1.54, 1.807) is 6.92 Å². The second-order valence-electron chi connectivity index (χ2n) is 3.93. The zero-order valence-electron chi connectivity index (χ0n) is 10.3. The number of rotatable bonds is 4. The Morgan fingerprint density at radius 1 is 1.32 bits per heavy atom. The summed E-state index contributed by atoms with van der Waals surface area (Å²) >= 11 is 0. The van der Waals surface area contributed by atoms with Gasteiger partial charge in [-0.3, -0.25) is 4.79 Å². The third-order valence-corrected chi connectivity index (χ3v) is 2.52. The fourth-order valence-corrected chi connectivity index (χ4v) is 1.32. The van der Waals surface area contributed by atoms with Gasteiger partial charge in [-0.25, -0.2) is 0 Å². The van der Waals surface area contributed by atoms with E-state index in [9.17, 15) is 18.0 Å². The van der Waals surface area contributed by atoms with Crippen molar-refractivity contribution >= 4 is 18.3 Å². The summed E-state index contributed by atoms with van der Waals surface area (Å²) in [6.07, 6.45) is -3.83. The molecule has 1 aromatic carbocycles. The van der Waals surface area contributed by atoms with E-state index >= 15 is 0 Å². The minimum Gasteiger partial charge on any atom is -0.351 e. The van der Waals surface area contributed by atoms with Gasteiger partial charge >= 0.3 is 6.18 Å². The Kier molecular flexibility index (Phi) is 6.86. The van der Waals surface area contributed by atoms with Crippen LogP contribution in [0.1, 0.15) is 24.5 Å². The second kappa shape index (κ2) is 7.35. The summed E-state index contributed by atoms with van der Waals surface area (Å²) in [5.74, 6) is -0.308. The lowest BCUT2D eigenvalue weighted by Gasteiger charge is -2.11. The van der Waals surface area contributed by atoms with Crippen molar-refractivity contribution in [3.05, 3.63) is 35.4 Å². The number of carbonyl (C=O) groups is 1. The molecule has 0 fully saturated rings. The second-order valence-corrected chi connectivity index (χ2v) is 3.93. The zero-order chi connectivity index (χ0) is 13.8. The van der Waals surface area contributed by atoms with Crippen LogP contribution in [0.15, 0.2) is 24.3 Å². The highest BCUT2D eigenvalue weighted by molar-refractivity contribution is 5.85. The summed E-state index contributed by atoms with van der Waals surface area (Å²) in [6.45, 7) is 1.95. The van der Waals surface area contributed by atoms with Crippen LogP contribution in [-0.4, -0.2) is 11.9 Å². The van der Waals surface area contributed by atoms with E-state index in [-0.39, 0.29) is 24.9 Å². The van der Waals surface area contributed by atoms with Gasteiger partial charge < -0.3 is 11.1 Å². The highest BCUT2D eigenvalue weighted by atomic mass is 35.5. The zero-order valence-corrected chi connectivity index (χ0v) is 11.1. The Bertz CT molecular complexity index is 406. The van der Waals surface area contributed by atoms with Crippen molar-refractivity contribution in [2.45, 2.75) is 32.1 Å². The summed E-state index contributed by atoms with van der Waals surface area (Å²) in [5.41, 5.74) is 5.39. The van der Waals surface area contributed by atoms with Gasteiger partial charge in [-0.05, 0) is 24.1 Å². The Morgan fingerprint density at radius 3 is 2.26 bits per heavy atom. The molecule has 0 heterocycles. The van der Waals surface area contributed by atoms with Gasteiger partial charge in [0.15, 0.2) is 0 Å². The van der Waals surface area contributed by atoms with E-state index in [2.05, 4.69) is 5.32 Å². The molecule has 0 spiro atoms. The minimum absolute atomic E-state index is 0. The van der Waals surface area contributed by atoms with E-state index in [1.807, 2.05) is 0 Å². The maximum absolute atomic E-state index is 12.3. The van der Waals surface area contributed by atoms with Crippen molar-refractivity contribution in [1.29, 1.82) is 0 Å². The predicted molar refractivity (Wildman–Crippen MR) is 68.8 cm³/mol. The first-order valence-corrected chi connectivity index (χ1v) is 5.54. The molecular weight excluding hydrogens is 281 g/mol. The summed E-state index contributed by atoms with van der Waals surface area (Å²) in [4.78, 5) is 11.4. The largest absolute Gasteiger partial charge is 0.416 e. The molecule has 1 rings (SSSR count). The molecule has 0 aliphatic rings. The van der Waals surface area contributed by atoms with Gasteiger partial charge in [-0.1, -0.05) is 19.1 Å². The van der Waals surface area contributed by atoms with Crippen LogP contribution in [0.2, 0.25) is 0 Å². The molecule has 3 nitrogen and oxygen atoms in total.